The minimum atomic E-state index is 0.0356. The minimum absolute atomic E-state index is 0.0356. The van der Waals surface area contributed by atoms with Gasteiger partial charge in [-0.3, -0.25) is 9.78 Å². The van der Waals surface area contributed by atoms with E-state index in [1.54, 1.807) is 12.3 Å². The van der Waals surface area contributed by atoms with E-state index in [4.69, 9.17) is 21.1 Å². The van der Waals surface area contributed by atoms with Crippen molar-refractivity contribution in [2.75, 3.05) is 19.8 Å². The van der Waals surface area contributed by atoms with E-state index in [2.05, 4.69) is 4.98 Å². The lowest BCUT2D eigenvalue weighted by molar-refractivity contribution is -0.134. The van der Waals surface area contributed by atoms with Crippen molar-refractivity contribution >= 4 is 17.5 Å². The number of hydrogen-bond acceptors (Lipinski definition) is 4. The number of likely N-dealkylation sites (tertiary alicyclic amines) is 1. The fraction of sp³-hybridized carbons (Fsp3) is 0.400. The molecule has 0 bridgehead atoms. The van der Waals surface area contributed by atoms with Gasteiger partial charge in [0.05, 0.1) is 18.2 Å². The van der Waals surface area contributed by atoms with Crippen molar-refractivity contribution in [3.63, 3.8) is 0 Å². The standard InChI is InChI=1S/C20H21ClN2O3/c21-15-13-19-18(25-9-10-26-19)11-14(15)12-20(24)23-8-4-2-6-17(23)16-5-1-3-7-22-16/h1,3,5,7,11,13,17H,2,4,6,8-10,12H2/t17-/m0/s1. The molecule has 2 aliphatic heterocycles. The summed E-state index contributed by atoms with van der Waals surface area (Å²) in [5.74, 6) is 1.36. The molecule has 1 aromatic carbocycles. The van der Waals surface area contributed by atoms with Crippen molar-refractivity contribution in [2.24, 2.45) is 0 Å². The zero-order chi connectivity index (χ0) is 17.9. The van der Waals surface area contributed by atoms with Crippen LogP contribution in [0.1, 0.15) is 36.6 Å². The van der Waals surface area contributed by atoms with Crippen molar-refractivity contribution in [2.45, 2.75) is 31.7 Å². The van der Waals surface area contributed by atoms with Gasteiger partial charge in [-0.25, -0.2) is 0 Å². The second kappa shape index (κ2) is 7.54. The molecule has 1 aromatic heterocycles. The van der Waals surface area contributed by atoms with Crippen molar-refractivity contribution in [3.8, 4) is 11.5 Å². The monoisotopic (exact) mass is 372 g/mol. The average Bonchev–Trinajstić information content (AvgIpc) is 2.69. The van der Waals surface area contributed by atoms with Crippen molar-refractivity contribution in [1.29, 1.82) is 0 Å². The number of ether oxygens (including phenoxy) is 2. The Morgan fingerprint density at radius 2 is 2.00 bits per heavy atom. The Morgan fingerprint density at radius 3 is 2.77 bits per heavy atom. The van der Waals surface area contributed by atoms with E-state index in [1.165, 1.54) is 0 Å². The van der Waals surface area contributed by atoms with Gasteiger partial charge in [0.1, 0.15) is 13.2 Å². The first-order valence-corrected chi connectivity index (χ1v) is 9.38. The topological polar surface area (TPSA) is 51.7 Å². The van der Waals surface area contributed by atoms with E-state index in [1.807, 2.05) is 29.2 Å². The second-order valence-corrected chi connectivity index (χ2v) is 7.02. The van der Waals surface area contributed by atoms with Crippen LogP contribution in [0.2, 0.25) is 5.02 Å². The maximum absolute atomic E-state index is 13.0. The Kier molecular flexibility index (Phi) is 4.98. The summed E-state index contributed by atoms with van der Waals surface area (Å²) in [6.45, 7) is 1.78. The number of aromatic nitrogens is 1. The summed E-state index contributed by atoms with van der Waals surface area (Å²) in [5, 5.41) is 0.536. The summed E-state index contributed by atoms with van der Waals surface area (Å²) in [5.41, 5.74) is 1.72. The van der Waals surface area contributed by atoms with Crippen molar-refractivity contribution in [1.82, 2.24) is 9.88 Å². The number of carbonyl (C=O) groups is 1. The smallest absolute Gasteiger partial charge is 0.227 e. The molecule has 0 spiro atoms. The largest absolute Gasteiger partial charge is 0.486 e. The third-order valence-corrected chi connectivity index (χ3v) is 5.26. The lowest BCUT2D eigenvalue weighted by Crippen LogP contribution is -2.39. The van der Waals surface area contributed by atoms with Gasteiger partial charge in [0.25, 0.3) is 0 Å². The molecule has 1 atom stereocenters. The number of carbonyl (C=O) groups excluding carboxylic acids is 1. The lowest BCUT2D eigenvalue weighted by atomic mass is 9.97. The van der Waals surface area contributed by atoms with Gasteiger partial charge in [-0.1, -0.05) is 17.7 Å². The van der Waals surface area contributed by atoms with E-state index >= 15 is 0 Å². The molecule has 0 radical (unpaired) electrons. The van der Waals surface area contributed by atoms with Crippen LogP contribution in [0.4, 0.5) is 0 Å². The third kappa shape index (κ3) is 3.49. The number of pyridine rings is 1. The summed E-state index contributed by atoms with van der Waals surface area (Å²) in [7, 11) is 0. The van der Waals surface area contributed by atoms with Crippen LogP contribution in [0.25, 0.3) is 0 Å². The molecular formula is C20H21ClN2O3. The molecule has 0 aliphatic carbocycles. The average molecular weight is 373 g/mol. The highest BCUT2D eigenvalue weighted by Gasteiger charge is 2.29. The number of amides is 1. The van der Waals surface area contributed by atoms with Crippen molar-refractivity contribution < 1.29 is 14.3 Å². The molecule has 0 unspecified atom stereocenters. The fourth-order valence-electron chi connectivity index (χ4n) is 3.62. The molecule has 4 rings (SSSR count). The Balaban J connectivity index is 1.55. The zero-order valence-electron chi connectivity index (χ0n) is 14.5. The summed E-state index contributed by atoms with van der Waals surface area (Å²) >= 11 is 6.38. The van der Waals surface area contributed by atoms with Crippen LogP contribution in [-0.4, -0.2) is 35.5 Å². The molecule has 2 aromatic rings. The Morgan fingerprint density at radius 1 is 1.19 bits per heavy atom. The van der Waals surface area contributed by atoms with Gasteiger partial charge in [-0.2, -0.15) is 0 Å². The van der Waals surface area contributed by atoms with E-state index in [0.29, 0.717) is 29.7 Å². The molecule has 6 heteroatoms. The SMILES string of the molecule is O=C(Cc1cc2c(cc1Cl)OCCO2)N1CCCC[C@H]1c1ccccn1. The Hall–Kier alpha value is -2.27. The molecule has 2 aliphatic rings. The summed E-state index contributed by atoms with van der Waals surface area (Å²) in [6, 6.07) is 9.46. The molecule has 26 heavy (non-hydrogen) atoms. The number of benzene rings is 1. The molecule has 0 saturated carbocycles. The van der Waals surface area contributed by atoms with Gasteiger partial charge in [-0.15, -0.1) is 0 Å². The van der Waals surface area contributed by atoms with Gasteiger partial charge in [0, 0.05) is 23.8 Å². The first kappa shape index (κ1) is 17.2. The second-order valence-electron chi connectivity index (χ2n) is 6.62. The van der Waals surface area contributed by atoms with Crippen LogP contribution in [0.3, 0.4) is 0 Å². The number of piperidine rings is 1. The van der Waals surface area contributed by atoms with Crippen LogP contribution < -0.4 is 9.47 Å². The number of hydrogen-bond donors (Lipinski definition) is 0. The van der Waals surface area contributed by atoms with Gasteiger partial charge < -0.3 is 14.4 Å². The minimum Gasteiger partial charge on any atom is -0.486 e. The normalized spacial score (nSPS) is 19.3. The van der Waals surface area contributed by atoms with E-state index in [9.17, 15) is 4.79 Å². The van der Waals surface area contributed by atoms with Crippen molar-refractivity contribution in [3.05, 3.63) is 52.8 Å². The van der Waals surface area contributed by atoms with Gasteiger partial charge in [-0.05, 0) is 43.0 Å². The summed E-state index contributed by atoms with van der Waals surface area (Å²) in [6.07, 6.45) is 5.10. The van der Waals surface area contributed by atoms with Crippen LogP contribution in [0, 0.1) is 0 Å². The van der Waals surface area contributed by atoms with Crippen LogP contribution in [0.15, 0.2) is 36.5 Å². The fourth-order valence-corrected chi connectivity index (χ4v) is 3.84. The highest BCUT2D eigenvalue weighted by molar-refractivity contribution is 6.31. The molecule has 136 valence electrons. The molecule has 5 nitrogen and oxygen atoms in total. The van der Waals surface area contributed by atoms with Crippen LogP contribution in [0.5, 0.6) is 11.5 Å². The maximum Gasteiger partial charge on any atom is 0.227 e. The highest BCUT2D eigenvalue weighted by Crippen LogP contribution is 2.36. The Labute approximate surface area is 157 Å². The van der Waals surface area contributed by atoms with Gasteiger partial charge in [0.15, 0.2) is 11.5 Å². The summed E-state index contributed by atoms with van der Waals surface area (Å²) in [4.78, 5) is 19.4. The van der Waals surface area contributed by atoms with E-state index < -0.39 is 0 Å². The van der Waals surface area contributed by atoms with E-state index in [0.717, 1.165) is 37.1 Å². The molecule has 1 saturated heterocycles. The molecule has 0 N–H and O–H groups in total. The zero-order valence-corrected chi connectivity index (χ0v) is 15.2. The van der Waals surface area contributed by atoms with Crippen LogP contribution in [-0.2, 0) is 11.2 Å². The number of fused-ring (bicyclic) bond motifs is 1. The quantitative estimate of drug-likeness (QED) is 0.822. The number of rotatable bonds is 3. The number of halogens is 1. The maximum atomic E-state index is 13.0. The molecule has 1 fully saturated rings. The lowest BCUT2D eigenvalue weighted by Gasteiger charge is -2.35. The van der Waals surface area contributed by atoms with E-state index in [-0.39, 0.29) is 18.4 Å². The number of nitrogens with zero attached hydrogens (tertiary/aromatic N) is 2. The van der Waals surface area contributed by atoms with Gasteiger partial charge >= 0.3 is 0 Å². The highest BCUT2D eigenvalue weighted by atomic mass is 35.5. The Bertz CT molecular complexity index is 797. The first-order valence-electron chi connectivity index (χ1n) is 9.01. The first-order chi connectivity index (χ1) is 12.7. The van der Waals surface area contributed by atoms with Gasteiger partial charge in [0.2, 0.25) is 5.91 Å². The molecule has 3 heterocycles. The third-order valence-electron chi connectivity index (χ3n) is 4.91. The summed E-state index contributed by atoms with van der Waals surface area (Å²) < 4.78 is 11.2. The predicted octanol–water partition coefficient (Wildman–Crippen LogP) is 3.80. The molecule has 1 amide bonds. The molecular weight excluding hydrogens is 352 g/mol. The predicted molar refractivity (Wildman–Crippen MR) is 98.7 cm³/mol. The van der Waals surface area contributed by atoms with Crippen LogP contribution >= 0.6 is 11.6 Å².